The van der Waals surface area contributed by atoms with Crippen LogP contribution in [0.3, 0.4) is 0 Å². The van der Waals surface area contributed by atoms with Gasteiger partial charge in [0, 0.05) is 11.1 Å². The molecule has 1 atom stereocenters. The summed E-state index contributed by atoms with van der Waals surface area (Å²) in [7, 11) is -3.57. The molecule has 118 valence electrons. The summed E-state index contributed by atoms with van der Waals surface area (Å²) in [6, 6.07) is 9.97. The lowest BCUT2D eigenvalue weighted by molar-refractivity contribution is 0.566. The first-order valence-electron chi connectivity index (χ1n) is 7.06. The number of benzene rings is 2. The quantitative estimate of drug-likeness (QED) is 0.903. The summed E-state index contributed by atoms with van der Waals surface area (Å²) < 4.78 is 27.6. The largest absolute Gasteiger partial charge is 0.241 e. The lowest BCUT2D eigenvalue weighted by Gasteiger charge is -2.18. The fraction of sp³-hybridized carbons (Fsp3) is 0.294. The Hall–Kier alpha value is -1.36. The van der Waals surface area contributed by atoms with Crippen LogP contribution in [-0.4, -0.2) is 8.42 Å². The van der Waals surface area contributed by atoms with Gasteiger partial charge in [0.2, 0.25) is 10.0 Å². The molecule has 1 unspecified atom stereocenters. The highest BCUT2D eigenvalue weighted by molar-refractivity contribution is 7.89. The number of aryl methyl sites for hydroxylation is 3. The first-order valence-corrected chi connectivity index (χ1v) is 8.92. The van der Waals surface area contributed by atoms with Crippen molar-refractivity contribution in [1.82, 2.24) is 4.72 Å². The molecule has 22 heavy (non-hydrogen) atoms. The van der Waals surface area contributed by atoms with Gasteiger partial charge in [-0.25, -0.2) is 13.1 Å². The third kappa shape index (κ3) is 3.69. The summed E-state index contributed by atoms with van der Waals surface area (Å²) in [5.74, 6) is 0. The van der Waals surface area contributed by atoms with Gasteiger partial charge in [0.15, 0.2) is 0 Å². The average Bonchev–Trinajstić information content (AvgIpc) is 2.42. The molecule has 0 heterocycles. The van der Waals surface area contributed by atoms with Crippen molar-refractivity contribution < 1.29 is 8.42 Å². The maximum Gasteiger partial charge on any atom is 0.241 e. The zero-order valence-corrected chi connectivity index (χ0v) is 14.7. The molecule has 0 saturated carbocycles. The van der Waals surface area contributed by atoms with Gasteiger partial charge in [0.05, 0.1) is 4.90 Å². The van der Waals surface area contributed by atoms with Crippen LogP contribution < -0.4 is 4.72 Å². The van der Waals surface area contributed by atoms with Crippen LogP contribution in [-0.2, 0) is 10.0 Å². The van der Waals surface area contributed by atoms with E-state index < -0.39 is 10.0 Å². The van der Waals surface area contributed by atoms with Crippen molar-refractivity contribution in [2.75, 3.05) is 0 Å². The predicted octanol–water partition coefficient (Wildman–Crippen LogP) is 4.30. The zero-order chi connectivity index (χ0) is 16.5. The fourth-order valence-corrected chi connectivity index (χ4v) is 3.78. The molecule has 2 aromatic carbocycles. The summed E-state index contributed by atoms with van der Waals surface area (Å²) in [6.07, 6.45) is 0. The highest BCUT2D eigenvalue weighted by Crippen LogP contribution is 2.23. The van der Waals surface area contributed by atoms with Gasteiger partial charge in [-0.1, -0.05) is 23.7 Å². The lowest BCUT2D eigenvalue weighted by atomic mass is 9.97. The summed E-state index contributed by atoms with van der Waals surface area (Å²) in [5, 5.41) is 0.511. The van der Waals surface area contributed by atoms with Crippen LogP contribution in [0, 0.1) is 20.8 Å². The maximum absolute atomic E-state index is 12.4. The molecular weight excluding hydrogens is 318 g/mol. The summed E-state index contributed by atoms with van der Waals surface area (Å²) in [5.41, 5.74) is 4.42. The van der Waals surface area contributed by atoms with Crippen molar-refractivity contribution in [2.24, 2.45) is 0 Å². The molecule has 5 heteroatoms. The minimum Gasteiger partial charge on any atom is -0.207 e. The Labute approximate surface area is 137 Å². The normalized spacial score (nSPS) is 13.1. The lowest BCUT2D eigenvalue weighted by Crippen LogP contribution is -2.27. The number of sulfonamides is 1. The summed E-state index contributed by atoms with van der Waals surface area (Å²) in [6.45, 7) is 7.92. The predicted molar refractivity (Wildman–Crippen MR) is 90.8 cm³/mol. The van der Waals surface area contributed by atoms with E-state index in [2.05, 4.69) is 17.7 Å². The Bertz CT molecular complexity index is 783. The number of rotatable bonds is 4. The SMILES string of the molecule is Cc1cc(C)c(C(C)NS(=O)(=O)c2ccc(Cl)cc2)cc1C. The van der Waals surface area contributed by atoms with Crippen LogP contribution in [0.4, 0.5) is 0 Å². The second-order valence-electron chi connectivity index (χ2n) is 5.59. The Morgan fingerprint density at radius 2 is 1.50 bits per heavy atom. The molecule has 0 amide bonds. The summed E-state index contributed by atoms with van der Waals surface area (Å²) >= 11 is 5.80. The van der Waals surface area contributed by atoms with Gasteiger partial charge >= 0.3 is 0 Å². The van der Waals surface area contributed by atoms with Crippen LogP contribution in [0.1, 0.15) is 35.2 Å². The van der Waals surface area contributed by atoms with E-state index in [0.717, 1.165) is 16.7 Å². The number of hydrogen-bond acceptors (Lipinski definition) is 2. The molecular formula is C17H20ClNO2S. The highest BCUT2D eigenvalue weighted by atomic mass is 35.5. The molecule has 0 bridgehead atoms. The van der Waals surface area contributed by atoms with Crippen LogP contribution in [0.15, 0.2) is 41.3 Å². The van der Waals surface area contributed by atoms with Crippen molar-refractivity contribution in [3.05, 3.63) is 63.7 Å². The van der Waals surface area contributed by atoms with E-state index in [9.17, 15) is 8.42 Å². The monoisotopic (exact) mass is 337 g/mol. The van der Waals surface area contributed by atoms with Gasteiger partial charge in [-0.3, -0.25) is 0 Å². The molecule has 0 spiro atoms. The van der Waals surface area contributed by atoms with Gasteiger partial charge < -0.3 is 0 Å². The highest BCUT2D eigenvalue weighted by Gasteiger charge is 2.19. The maximum atomic E-state index is 12.4. The van der Waals surface area contributed by atoms with Gasteiger partial charge in [-0.15, -0.1) is 0 Å². The van der Waals surface area contributed by atoms with Crippen molar-refractivity contribution in [1.29, 1.82) is 0 Å². The molecule has 0 radical (unpaired) electrons. The van der Waals surface area contributed by atoms with E-state index in [1.54, 1.807) is 12.1 Å². The third-order valence-electron chi connectivity index (χ3n) is 3.80. The smallest absolute Gasteiger partial charge is 0.207 e. The van der Waals surface area contributed by atoms with Crippen LogP contribution in [0.2, 0.25) is 5.02 Å². The van der Waals surface area contributed by atoms with Gasteiger partial charge in [-0.2, -0.15) is 0 Å². The van der Waals surface area contributed by atoms with E-state index in [4.69, 9.17) is 11.6 Å². The number of hydrogen-bond donors (Lipinski definition) is 1. The molecule has 0 aliphatic carbocycles. The van der Waals surface area contributed by atoms with Crippen LogP contribution in [0.5, 0.6) is 0 Å². The van der Waals surface area contributed by atoms with Crippen LogP contribution >= 0.6 is 11.6 Å². The first-order chi connectivity index (χ1) is 10.2. The zero-order valence-electron chi connectivity index (χ0n) is 13.1. The number of halogens is 1. The Morgan fingerprint density at radius 3 is 2.09 bits per heavy atom. The molecule has 0 aliphatic rings. The second kappa shape index (κ2) is 6.41. The molecule has 2 rings (SSSR count). The van der Waals surface area contributed by atoms with Gasteiger partial charge in [-0.05, 0) is 74.2 Å². The molecule has 0 fully saturated rings. The molecule has 0 aromatic heterocycles. The standard InChI is InChI=1S/C17H20ClNO2S/c1-11-9-13(3)17(10-12(11)2)14(4)19-22(20,21)16-7-5-15(18)6-8-16/h5-10,14,19H,1-4H3. The topological polar surface area (TPSA) is 46.2 Å². The first kappa shape index (κ1) is 17.0. The molecule has 0 aliphatic heterocycles. The van der Waals surface area contributed by atoms with E-state index in [0.29, 0.717) is 5.02 Å². The van der Waals surface area contributed by atoms with Crippen molar-refractivity contribution >= 4 is 21.6 Å². The van der Waals surface area contributed by atoms with E-state index in [-0.39, 0.29) is 10.9 Å². The van der Waals surface area contributed by atoms with E-state index in [1.807, 2.05) is 26.8 Å². The third-order valence-corrected chi connectivity index (χ3v) is 5.61. The molecule has 3 nitrogen and oxygen atoms in total. The second-order valence-corrected chi connectivity index (χ2v) is 7.74. The fourth-order valence-electron chi connectivity index (χ4n) is 2.43. The van der Waals surface area contributed by atoms with Gasteiger partial charge in [0.25, 0.3) is 0 Å². The van der Waals surface area contributed by atoms with E-state index >= 15 is 0 Å². The minimum atomic E-state index is -3.57. The summed E-state index contributed by atoms with van der Waals surface area (Å²) in [4.78, 5) is 0.213. The molecule has 2 aromatic rings. The van der Waals surface area contributed by atoms with E-state index in [1.165, 1.54) is 17.7 Å². The van der Waals surface area contributed by atoms with Gasteiger partial charge in [0.1, 0.15) is 0 Å². The van der Waals surface area contributed by atoms with Crippen molar-refractivity contribution in [3.8, 4) is 0 Å². The van der Waals surface area contributed by atoms with Crippen LogP contribution in [0.25, 0.3) is 0 Å². The Kier molecular flexibility index (Phi) is 4.95. The van der Waals surface area contributed by atoms with Crippen molar-refractivity contribution in [3.63, 3.8) is 0 Å². The Morgan fingerprint density at radius 1 is 0.955 bits per heavy atom. The average molecular weight is 338 g/mol. The van der Waals surface area contributed by atoms with Crippen molar-refractivity contribution in [2.45, 2.75) is 38.6 Å². The molecule has 0 saturated heterocycles. The Balaban J connectivity index is 2.30. The minimum absolute atomic E-state index is 0.213. The molecule has 1 N–H and O–H groups in total. The number of nitrogens with one attached hydrogen (secondary N) is 1.